The molecule has 24 heavy (non-hydrogen) atoms. The van der Waals surface area contributed by atoms with Gasteiger partial charge >= 0.3 is 0 Å². The SMILES string of the molecule is O=C1/C(=C/c2ccc(-c3ccccc3)cc2)CSc2ccccc21. The molecule has 0 saturated heterocycles. The third-order valence-corrected chi connectivity index (χ3v) is 5.29. The van der Waals surface area contributed by atoms with E-state index in [1.54, 1.807) is 11.8 Å². The highest BCUT2D eigenvalue weighted by Crippen LogP contribution is 2.33. The fraction of sp³-hybridized carbons (Fsp3) is 0.0455. The third-order valence-electron chi connectivity index (χ3n) is 4.17. The second-order valence-corrected chi connectivity index (χ2v) is 6.79. The average molecular weight is 328 g/mol. The van der Waals surface area contributed by atoms with Crippen LogP contribution in [0.4, 0.5) is 0 Å². The highest BCUT2D eigenvalue weighted by molar-refractivity contribution is 7.99. The molecule has 1 aliphatic rings. The molecule has 4 rings (SSSR count). The van der Waals surface area contributed by atoms with Crippen LogP contribution in [-0.4, -0.2) is 11.5 Å². The molecule has 0 fully saturated rings. The van der Waals surface area contributed by atoms with Crippen LogP contribution in [0, 0.1) is 0 Å². The van der Waals surface area contributed by atoms with Gasteiger partial charge in [-0.05, 0) is 34.9 Å². The van der Waals surface area contributed by atoms with Crippen LogP contribution in [0.25, 0.3) is 17.2 Å². The second kappa shape index (κ2) is 6.50. The van der Waals surface area contributed by atoms with E-state index < -0.39 is 0 Å². The number of carbonyl (C=O) groups excluding carboxylic acids is 1. The van der Waals surface area contributed by atoms with Crippen LogP contribution >= 0.6 is 11.8 Å². The summed E-state index contributed by atoms with van der Waals surface area (Å²) in [5.74, 6) is 0.882. The molecule has 0 amide bonds. The Bertz CT molecular complexity index is 908. The fourth-order valence-electron chi connectivity index (χ4n) is 2.88. The summed E-state index contributed by atoms with van der Waals surface area (Å²) in [5, 5.41) is 0. The number of Topliss-reactive ketones (excluding diaryl/α,β-unsaturated/α-hetero) is 1. The number of hydrogen-bond acceptors (Lipinski definition) is 2. The summed E-state index contributed by atoms with van der Waals surface area (Å²) in [6, 6.07) is 26.5. The summed E-state index contributed by atoms with van der Waals surface area (Å²) in [7, 11) is 0. The van der Waals surface area contributed by atoms with Crippen LogP contribution < -0.4 is 0 Å². The van der Waals surface area contributed by atoms with Crippen LogP contribution in [0.2, 0.25) is 0 Å². The number of hydrogen-bond donors (Lipinski definition) is 0. The zero-order valence-electron chi connectivity index (χ0n) is 13.1. The third kappa shape index (κ3) is 2.93. The van der Waals surface area contributed by atoms with Crippen molar-refractivity contribution in [2.24, 2.45) is 0 Å². The molecule has 1 heterocycles. The molecule has 0 N–H and O–H groups in total. The van der Waals surface area contributed by atoms with Crippen molar-refractivity contribution in [3.63, 3.8) is 0 Å². The first-order chi connectivity index (χ1) is 11.8. The van der Waals surface area contributed by atoms with Crippen molar-refractivity contribution in [3.8, 4) is 11.1 Å². The summed E-state index contributed by atoms with van der Waals surface area (Å²) in [6.45, 7) is 0. The highest BCUT2D eigenvalue weighted by atomic mass is 32.2. The number of benzene rings is 3. The minimum absolute atomic E-state index is 0.150. The van der Waals surface area contributed by atoms with Gasteiger partial charge in [0.05, 0.1) is 0 Å². The Morgan fingerprint density at radius 3 is 2.21 bits per heavy atom. The van der Waals surface area contributed by atoms with Gasteiger partial charge < -0.3 is 0 Å². The maximum absolute atomic E-state index is 12.6. The number of ketones is 1. The molecule has 0 aliphatic carbocycles. The van der Waals surface area contributed by atoms with Gasteiger partial charge in [-0.2, -0.15) is 0 Å². The molecule has 0 radical (unpaired) electrons. The van der Waals surface area contributed by atoms with Crippen LogP contribution in [0.5, 0.6) is 0 Å². The van der Waals surface area contributed by atoms with Crippen LogP contribution in [-0.2, 0) is 0 Å². The Labute approximate surface area is 146 Å². The van der Waals surface area contributed by atoms with Crippen LogP contribution in [0.1, 0.15) is 15.9 Å². The van der Waals surface area contributed by atoms with Crippen molar-refractivity contribution in [3.05, 3.63) is 95.6 Å². The summed E-state index contributed by atoms with van der Waals surface area (Å²) < 4.78 is 0. The normalized spacial score (nSPS) is 15.3. The largest absolute Gasteiger partial charge is 0.289 e. The Morgan fingerprint density at radius 2 is 1.42 bits per heavy atom. The standard InChI is InChI=1S/C22H16OS/c23-22-19(15-24-21-9-5-4-8-20(21)22)14-16-10-12-18(13-11-16)17-6-2-1-3-7-17/h1-14H,15H2/b19-14+. The van der Waals surface area contributed by atoms with E-state index in [0.717, 1.165) is 27.3 Å². The summed E-state index contributed by atoms with van der Waals surface area (Å²) >= 11 is 1.73. The lowest BCUT2D eigenvalue weighted by atomic mass is 10.00. The smallest absolute Gasteiger partial charge is 0.191 e. The molecule has 3 aromatic carbocycles. The Hall–Kier alpha value is -2.58. The quantitative estimate of drug-likeness (QED) is 0.559. The second-order valence-electron chi connectivity index (χ2n) is 5.77. The summed E-state index contributed by atoms with van der Waals surface area (Å²) in [5.41, 5.74) is 5.15. The molecular formula is C22H16OS. The maximum atomic E-state index is 12.6. The molecule has 0 saturated carbocycles. The molecule has 2 heteroatoms. The van der Waals surface area contributed by atoms with E-state index in [2.05, 4.69) is 36.4 Å². The number of rotatable bonds is 2. The van der Waals surface area contributed by atoms with Gasteiger partial charge in [-0.3, -0.25) is 4.79 Å². The van der Waals surface area contributed by atoms with E-state index >= 15 is 0 Å². The van der Waals surface area contributed by atoms with Crippen molar-refractivity contribution in [2.75, 3.05) is 5.75 Å². The Balaban J connectivity index is 1.61. The van der Waals surface area contributed by atoms with Crippen molar-refractivity contribution >= 4 is 23.6 Å². The van der Waals surface area contributed by atoms with E-state index in [0.29, 0.717) is 0 Å². The van der Waals surface area contributed by atoms with Gasteiger partial charge in [0.15, 0.2) is 5.78 Å². The van der Waals surface area contributed by atoms with E-state index in [9.17, 15) is 4.79 Å². The molecule has 0 atom stereocenters. The van der Waals surface area contributed by atoms with Crippen molar-refractivity contribution in [2.45, 2.75) is 4.90 Å². The van der Waals surface area contributed by atoms with Gasteiger partial charge in [-0.25, -0.2) is 0 Å². The van der Waals surface area contributed by atoms with E-state index in [1.807, 2.05) is 48.5 Å². The lowest BCUT2D eigenvalue weighted by Crippen LogP contribution is -2.11. The first kappa shape index (κ1) is 15.0. The predicted molar refractivity (Wildman–Crippen MR) is 101 cm³/mol. The number of fused-ring (bicyclic) bond motifs is 1. The molecule has 1 aliphatic heterocycles. The number of thioether (sulfide) groups is 1. The minimum Gasteiger partial charge on any atom is -0.289 e. The zero-order valence-corrected chi connectivity index (χ0v) is 13.9. The molecule has 0 bridgehead atoms. The average Bonchev–Trinajstić information content (AvgIpc) is 2.66. The molecular weight excluding hydrogens is 312 g/mol. The van der Waals surface area contributed by atoms with E-state index in [-0.39, 0.29) is 5.78 Å². The van der Waals surface area contributed by atoms with Crippen molar-refractivity contribution < 1.29 is 4.79 Å². The lowest BCUT2D eigenvalue weighted by molar-refractivity contribution is 0.103. The maximum Gasteiger partial charge on any atom is 0.191 e. The summed E-state index contributed by atoms with van der Waals surface area (Å²) in [6.07, 6.45) is 2.01. The monoisotopic (exact) mass is 328 g/mol. The molecule has 116 valence electrons. The number of carbonyl (C=O) groups is 1. The zero-order chi connectivity index (χ0) is 16.4. The fourth-order valence-corrected chi connectivity index (χ4v) is 3.90. The first-order valence-corrected chi connectivity index (χ1v) is 8.92. The highest BCUT2D eigenvalue weighted by Gasteiger charge is 2.21. The lowest BCUT2D eigenvalue weighted by Gasteiger charge is -2.16. The van der Waals surface area contributed by atoms with Crippen molar-refractivity contribution in [1.82, 2.24) is 0 Å². The topological polar surface area (TPSA) is 17.1 Å². The molecule has 1 nitrogen and oxygen atoms in total. The molecule has 0 aromatic heterocycles. The van der Waals surface area contributed by atoms with Gasteiger partial charge in [0.1, 0.15) is 0 Å². The molecule has 3 aromatic rings. The predicted octanol–water partition coefficient (Wildman–Crippen LogP) is 5.73. The first-order valence-electron chi connectivity index (χ1n) is 7.94. The van der Waals surface area contributed by atoms with E-state index in [1.165, 1.54) is 11.1 Å². The van der Waals surface area contributed by atoms with Gasteiger partial charge in [0, 0.05) is 21.8 Å². The molecule has 0 spiro atoms. The van der Waals surface area contributed by atoms with Gasteiger partial charge in [0.25, 0.3) is 0 Å². The Kier molecular flexibility index (Phi) is 4.06. The van der Waals surface area contributed by atoms with Crippen molar-refractivity contribution in [1.29, 1.82) is 0 Å². The van der Waals surface area contributed by atoms with Gasteiger partial charge in [-0.1, -0.05) is 66.7 Å². The minimum atomic E-state index is 0.150. The van der Waals surface area contributed by atoms with Crippen LogP contribution in [0.15, 0.2) is 89.3 Å². The van der Waals surface area contributed by atoms with Gasteiger partial charge in [-0.15, -0.1) is 11.8 Å². The summed E-state index contributed by atoms with van der Waals surface area (Å²) in [4.78, 5) is 13.7. The molecule has 0 unspecified atom stereocenters. The van der Waals surface area contributed by atoms with Gasteiger partial charge in [0.2, 0.25) is 0 Å². The Morgan fingerprint density at radius 1 is 0.750 bits per heavy atom. The van der Waals surface area contributed by atoms with Crippen LogP contribution in [0.3, 0.4) is 0 Å². The van der Waals surface area contributed by atoms with E-state index in [4.69, 9.17) is 0 Å².